The van der Waals surface area contributed by atoms with Crippen LogP contribution in [-0.4, -0.2) is 6.54 Å². The minimum Gasteiger partial charge on any atom is -0.383 e. The van der Waals surface area contributed by atoms with Crippen molar-refractivity contribution >= 4 is 5.69 Å². The molecule has 0 radical (unpaired) electrons. The topological polar surface area (TPSA) is 12.0 Å². The van der Waals surface area contributed by atoms with E-state index in [-0.39, 0.29) is 5.82 Å². The van der Waals surface area contributed by atoms with Gasteiger partial charge in [0.2, 0.25) is 0 Å². The number of halogens is 1. The monoisotopic (exact) mass is 221 g/mol. The molecule has 0 spiro atoms. The largest absolute Gasteiger partial charge is 0.383 e. The molecule has 0 aliphatic carbocycles. The van der Waals surface area contributed by atoms with Crippen LogP contribution in [0.2, 0.25) is 0 Å². The van der Waals surface area contributed by atoms with Crippen molar-refractivity contribution in [2.24, 2.45) is 0 Å². The molecule has 1 aromatic carbocycles. The Morgan fingerprint density at radius 2 is 2.12 bits per heavy atom. The molecule has 1 aromatic rings. The number of unbranched alkanes of at least 4 members (excludes halogenated alkanes) is 3. The second kappa shape index (κ2) is 7.04. The van der Waals surface area contributed by atoms with E-state index in [1.807, 2.05) is 19.1 Å². The van der Waals surface area contributed by atoms with Crippen LogP contribution in [-0.2, 0) is 0 Å². The maximum Gasteiger partial charge on any atom is 0.146 e. The van der Waals surface area contributed by atoms with Crippen molar-refractivity contribution in [1.29, 1.82) is 0 Å². The molecule has 1 N–H and O–H groups in total. The van der Waals surface area contributed by atoms with Crippen LogP contribution in [0.1, 0.15) is 31.2 Å². The van der Waals surface area contributed by atoms with Gasteiger partial charge >= 0.3 is 0 Å². The van der Waals surface area contributed by atoms with E-state index in [1.54, 1.807) is 12.1 Å². The standard InChI is InChI=1S/C14H20FN/c1-3-4-5-6-7-10-16-14-9-8-12(2)11-13(14)15/h3,8-9,11,16H,1,4-7,10H2,2H3. The van der Waals surface area contributed by atoms with Gasteiger partial charge in [-0.3, -0.25) is 0 Å². The van der Waals surface area contributed by atoms with Crippen molar-refractivity contribution in [3.05, 3.63) is 42.2 Å². The fourth-order valence-corrected chi connectivity index (χ4v) is 1.58. The third kappa shape index (κ3) is 4.47. The smallest absolute Gasteiger partial charge is 0.146 e. The van der Waals surface area contributed by atoms with Crippen molar-refractivity contribution in [3.8, 4) is 0 Å². The van der Waals surface area contributed by atoms with E-state index in [1.165, 1.54) is 6.42 Å². The Balaban J connectivity index is 2.24. The molecule has 0 bridgehead atoms. The molecule has 0 aromatic heterocycles. The third-order valence-corrected chi connectivity index (χ3v) is 2.53. The molecule has 2 heteroatoms. The van der Waals surface area contributed by atoms with Gasteiger partial charge in [-0.2, -0.15) is 0 Å². The van der Waals surface area contributed by atoms with Crippen molar-refractivity contribution in [2.75, 3.05) is 11.9 Å². The lowest BCUT2D eigenvalue weighted by molar-refractivity contribution is 0.627. The van der Waals surface area contributed by atoms with Crippen molar-refractivity contribution in [1.82, 2.24) is 0 Å². The highest BCUT2D eigenvalue weighted by Gasteiger charge is 2.00. The van der Waals surface area contributed by atoms with Gasteiger partial charge in [0.1, 0.15) is 5.82 Å². The molecule has 0 aliphatic heterocycles. The Hall–Kier alpha value is -1.31. The first-order valence-corrected chi connectivity index (χ1v) is 5.85. The molecule has 1 rings (SSSR count). The average Bonchev–Trinajstić information content (AvgIpc) is 2.26. The Labute approximate surface area is 97.4 Å². The lowest BCUT2D eigenvalue weighted by Gasteiger charge is -2.07. The zero-order chi connectivity index (χ0) is 11.8. The lowest BCUT2D eigenvalue weighted by atomic mass is 10.2. The van der Waals surface area contributed by atoms with Crippen LogP contribution < -0.4 is 5.32 Å². The van der Waals surface area contributed by atoms with Gasteiger partial charge in [-0.25, -0.2) is 4.39 Å². The van der Waals surface area contributed by atoms with Gasteiger partial charge in [0.15, 0.2) is 0 Å². The third-order valence-electron chi connectivity index (χ3n) is 2.53. The van der Waals surface area contributed by atoms with Gasteiger partial charge in [-0.05, 0) is 43.9 Å². The molecule has 0 heterocycles. The van der Waals surface area contributed by atoms with Crippen molar-refractivity contribution < 1.29 is 4.39 Å². The highest BCUT2D eigenvalue weighted by molar-refractivity contribution is 5.45. The molecule has 88 valence electrons. The Kier molecular flexibility index (Phi) is 5.62. The molecule has 0 saturated heterocycles. The fraction of sp³-hybridized carbons (Fsp3) is 0.429. The Morgan fingerprint density at radius 1 is 1.31 bits per heavy atom. The number of allylic oxidation sites excluding steroid dienone is 1. The summed E-state index contributed by atoms with van der Waals surface area (Å²) in [6.07, 6.45) is 6.40. The molecule has 16 heavy (non-hydrogen) atoms. The Morgan fingerprint density at radius 3 is 2.81 bits per heavy atom. The van der Waals surface area contributed by atoms with E-state index in [9.17, 15) is 4.39 Å². The first-order chi connectivity index (χ1) is 7.74. The van der Waals surface area contributed by atoms with Gasteiger partial charge in [-0.1, -0.05) is 18.6 Å². The number of benzene rings is 1. The highest BCUT2D eigenvalue weighted by Crippen LogP contribution is 2.15. The van der Waals surface area contributed by atoms with E-state index in [2.05, 4.69) is 11.9 Å². The zero-order valence-corrected chi connectivity index (χ0v) is 9.93. The second-order valence-corrected chi connectivity index (χ2v) is 4.05. The van der Waals surface area contributed by atoms with E-state index in [4.69, 9.17) is 0 Å². The van der Waals surface area contributed by atoms with Crippen LogP contribution in [0.15, 0.2) is 30.9 Å². The summed E-state index contributed by atoms with van der Waals surface area (Å²) >= 11 is 0. The summed E-state index contributed by atoms with van der Waals surface area (Å²) in [5.74, 6) is -0.161. The van der Waals surface area contributed by atoms with Crippen molar-refractivity contribution in [3.63, 3.8) is 0 Å². The summed E-state index contributed by atoms with van der Waals surface area (Å²) in [6, 6.07) is 5.28. The number of nitrogens with one attached hydrogen (secondary N) is 1. The van der Waals surface area contributed by atoms with E-state index in [0.29, 0.717) is 5.69 Å². The summed E-state index contributed by atoms with van der Waals surface area (Å²) in [5.41, 5.74) is 1.56. The number of hydrogen-bond donors (Lipinski definition) is 1. The van der Waals surface area contributed by atoms with Gasteiger partial charge in [0, 0.05) is 6.54 Å². The van der Waals surface area contributed by atoms with Gasteiger partial charge in [0.05, 0.1) is 5.69 Å². The predicted octanol–water partition coefficient (Wildman–Crippen LogP) is 4.29. The van der Waals surface area contributed by atoms with Gasteiger partial charge < -0.3 is 5.32 Å². The molecule has 0 saturated carbocycles. The summed E-state index contributed by atoms with van der Waals surface area (Å²) < 4.78 is 13.4. The maximum absolute atomic E-state index is 13.4. The Bertz CT molecular complexity index is 334. The molecular weight excluding hydrogens is 201 g/mol. The number of aryl methyl sites for hydroxylation is 1. The van der Waals surface area contributed by atoms with Crippen LogP contribution in [0.25, 0.3) is 0 Å². The number of hydrogen-bond acceptors (Lipinski definition) is 1. The molecule has 0 atom stereocenters. The molecule has 0 fully saturated rings. The summed E-state index contributed by atoms with van der Waals surface area (Å²) in [7, 11) is 0. The van der Waals surface area contributed by atoms with Crippen LogP contribution in [0.3, 0.4) is 0 Å². The first-order valence-electron chi connectivity index (χ1n) is 5.85. The molecule has 0 aliphatic rings. The average molecular weight is 221 g/mol. The lowest BCUT2D eigenvalue weighted by Crippen LogP contribution is -2.03. The fourth-order valence-electron chi connectivity index (χ4n) is 1.58. The summed E-state index contributed by atoms with van der Waals surface area (Å²) in [4.78, 5) is 0. The maximum atomic E-state index is 13.4. The second-order valence-electron chi connectivity index (χ2n) is 4.05. The van der Waals surface area contributed by atoms with E-state index >= 15 is 0 Å². The summed E-state index contributed by atoms with van der Waals surface area (Å²) in [6.45, 7) is 6.40. The SMILES string of the molecule is C=CCCCCCNc1ccc(C)cc1F. The highest BCUT2D eigenvalue weighted by atomic mass is 19.1. The zero-order valence-electron chi connectivity index (χ0n) is 9.93. The van der Waals surface area contributed by atoms with Crippen LogP contribution in [0.4, 0.5) is 10.1 Å². The minimum absolute atomic E-state index is 0.161. The number of rotatable bonds is 7. The minimum atomic E-state index is -0.161. The quantitative estimate of drug-likeness (QED) is 0.535. The van der Waals surface area contributed by atoms with E-state index < -0.39 is 0 Å². The number of anilines is 1. The molecule has 0 amide bonds. The summed E-state index contributed by atoms with van der Waals surface area (Å²) in [5, 5.41) is 3.12. The first kappa shape index (κ1) is 12.8. The van der Waals surface area contributed by atoms with Crippen LogP contribution >= 0.6 is 0 Å². The molecular formula is C14H20FN. The normalized spacial score (nSPS) is 10.1. The van der Waals surface area contributed by atoms with Crippen molar-refractivity contribution in [2.45, 2.75) is 32.6 Å². The van der Waals surface area contributed by atoms with Gasteiger partial charge in [-0.15, -0.1) is 6.58 Å². The van der Waals surface area contributed by atoms with Crippen LogP contribution in [0, 0.1) is 12.7 Å². The predicted molar refractivity (Wildman–Crippen MR) is 68.3 cm³/mol. The molecule has 1 nitrogen and oxygen atoms in total. The van der Waals surface area contributed by atoms with Crippen LogP contribution in [0.5, 0.6) is 0 Å². The van der Waals surface area contributed by atoms with E-state index in [0.717, 1.165) is 31.4 Å². The van der Waals surface area contributed by atoms with Gasteiger partial charge in [0.25, 0.3) is 0 Å². The molecule has 0 unspecified atom stereocenters.